The van der Waals surface area contributed by atoms with E-state index in [1.807, 2.05) is 26.0 Å². The van der Waals surface area contributed by atoms with Crippen molar-refractivity contribution in [3.63, 3.8) is 0 Å². The summed E-state index contributed by atoms with van der Waals surface area (Å²) in [4.78, 5) is 23.5. The lowest BCUT2D eigenvalue weighted by atomic mass is 10.1. The molecular weight excluding hydrogens is 388 g/mol. The second-order valence-corrected chi connectivity index (χ2v) is 6.78. The maximum absolute atomic E-state index is 12.7. The highest BCUT2D eigenvalue weighted by atomic mass is 16.5. The standard InChI is InChI=1S/C23H18O7/c1-13-3-4-16(9-14(13)2)29-21-12-28-20-10-15(5-7-18(20)22(21)24)27-11-17-6-8-19(30-17)23(25)26/h3-10,12H,11H2,1-2H3,(H,25,26)/p-1. The van der Waals surface area contributed by atoms with Crippen molar-refractivity contribution in [1.82, 2.24) is 0 Å². The third-order valence-electron chi connectivity index (χ3n) is 4.66. The predicted molar refractivity (Wildman–Crippen MR) is 106 cm³/mol. The van der Waals surface area contributed by atoms with Crippen molar-refractivity contribution < 1.29 is 28.2 Å². The van der Waals surface area contributed by atoms with Crippen LogP contribution in [-0.4, -0.2) is 5.97 Å². The lowest BCUT2D eigenvalue weighted by Crippen LogP contribution is -2.21. The van der Waals surface area contributed by atoms with E-state index in [1.54, 1.807) is 24.3 Å². The zero-order valence-corrected chi connectivity index (χ0v) is 16.3. The topological polar surface area (TPSA) is 102 Å². The van der Waals surface area contributed by atoms with Gasteiger partial charge >= 0.3 is 0 Å². The predicted octanol–water partition coefficient (Wildman–Crippen LogP) is 3.74. The maximum Gasteiger partial charge on any atom is 0.235 e. The molecule has 0 spiro atoms. The molecule has 152 valence electrons. The number of aryl methyl sites for hydroxylation is 2. The molecule has 2 heterocycles. The van der Waals surface area contributed by atoms with Crippen LogP contribution >= 0.6 is 0 Å². The maximum atomic E-state index is 12.7. The Morgan fingerprint density at radius 2 is 1.80 bits per heavy atom. The van der Waals surface area contributed by atoms with Crippen LogP contribution in [0.4, 0.5) is 0 Å². The number of fused-ring (bicyclic) bond motifs is 1. The fourth-order valence-electron chi connectivity index (χ4n) is 2.88. The molecule has 2 aromatic carbocycles. The molecule has 0 unspecified atom stereocenters. The van der Waals surface area contributed by atoms with Crippen LogP contribution in [0.1, 0.15) is 27.4 Å². The van der Waals surface area contributed by atoms with Crippen molar-refractivity contribution in [1.29, 1.82) is 0 Å². The van der Waals surface area contributed by atoms with E-state index in [-0.39, 0.29) is 23.5 Å². The second-order valence-electron chi connectivity index (χ2n) is 6.78. The molecule has 0 N–H and O–H groups in total. The molecule has 7 nitrogen and oxygen atoms in total. The molecule has 0 saturated carbocycles. The van der Waals surface area contributed by atoms with Crippen LogP contribution < -0.4 is 20.0 Å². The summed E-state index contributed by atoms with van der Waals surface area (Å²) in [5.74, 6) is -0.265. The molecule has 0 aliphatic carbocycles. The van der Waals surface area contributed by atoms with Crippen molar-refractivity contribution in [3.8, 4) is 17.2 Å². The smallest absolute Gasteiger partial charge is 0.235 e. The minimum Gasteiger partial charge on any atom is -0.542 e. The minimum atomic E-state index is -1.40. The second kappa shape index (κ2) is 7.79. The number of carbonyl (C=O) groups excluding carboxylic acids is 1. The van der Waals surface area contributed by atoms with Crippen LogP contribution in [0.2, 0.25) is 0 Å². The monoisotopic (exact) mass is 405 g/mol. The quantitative estimate of drug-likeness (QED) is 0.481. The summed E-state index contributed by atoms with van der Waals surface area (Å²) in [6, 6.07) is 13.1. The highest BCUT2D eigenvalue weighted by Crippen LogP contribution is 2.25. The first-order valence-corrected chi connectivity index (χ1v) is 9.14. The van der Waals surface area contributed by atoms with Gasteiger partial charge < -0.3 is 28.2 Å². The molecule has 0 aliphatic heterocycles. The van der Waals surface area contributed by atoms with E-state index in [0.717, 1.165) is 11.1 Å². The normalized spacial score (nSPS) is 10.9. The largest absolute Gasteiger partial charge is 0.542 e. The van der Waals surface area contributed by atoms with E-state index in [4.69, 9.17) is 18.3 Å². The van der Waals surface area contributed by atoms with Gasteiger partial charge in [0.2, 0.25) is 11.2 Å². The first kappa shape index (κ1) is 19.3. The van der Waals surface area contributed by atoms with Crippen molar-refractivity contribution in [2.45, 2.75) is 20.5 Å². The van der Waals surface area contributed by atoms with Crippen molar-refractivity contribution >= 4 is 16.9 Å². The summed E-state index contributed by atoms with van der Waals surface area (Å²) in [5.41, 5.74) is 2.22. The molecular formula is C23H17O7-. The van der Waals surface area contributed by atoms with Gasteiger partial charge in [0.15, 0.2) is 0 Å². The SMILES string of the molecule is Cc1ccc(Oc2coc3cc(OCc4ccc(C(=O)[O-])o4)ccc3c2=O)cc1C. The zero-order valence-electron chi connectivity index (χ0n) is 16.3. The van der Waals surface area contributed by atoms with Gasteiger partial charge in [0.25, 0.3) is 0 Å². The summed E-state index contributed by atoms with van der Waals surface area (Å²) in [5, 5.41) is 11.1. The molecule has 7 heteroatoms. The molecule has 0 aliphatic rings. The Balaban J connectivity index is 1.53. The molecule has 0 atom stereocenters. The number of hydrogen-bond donors (Lipinski definition) is 0. The average molecular weight is 405 g/mol. The summed E-state index contributed by atoms with van der Waals surface area (Å²) < 4.78 is 21.9. The zero-order chi connectivity index (χ0) is 21.3. The van der Waals surface area contributed by atoms with E-state index in [1.165, 1.54) is 18.4 Å². The van der Waals surface area contributed by atoms with Gasteiger partial charge in [-0.3, -0.25) is 4.79 Å². The summed E-state index contributed by atoms with van der Waals surface area (Å²) >= 11 is 0. The van der Waals surface area contributed by atoms with E-state index < -0.39 is 5.97 Å². The Morgan fingerprint density at radius 3 is 2.53 bits per heavy atom. The third kappa shape index (κ3) is 3.91. The van der Waals surface area contributed by atoms with E-state index in [0.29, 0.717) is 28.2 Å². The minimum absolute atomic E-state index is 0.0109. The van der Waals surface area contributed by atoms with Gasteiger partial charge in [0, 0.05) is 6.07 Å². The highest BCUT2D eigenvalue weighted by molar-refractivity contribution is 5.82. The number of benzene rings is 2. The molecule has 2 aromatic heterocycles. The number of aromatic carboxylic acids is 1. The van der Waals surface area contributed by atoms with Crippen molar-refractivity contribution in [2.24, 2.45) is 0 Å². The first-order chi connectivity index (χ1) is 14.4. The molecule has 30 heavy (non-hydrogen) atoms. The van der Waals surface area contributed by atoms with Crippen LogP contribution in [0.15, 0.2) is 68.4 Å². The van der Waals surface area contributed by atoms with Crippen LogP contribution in [0.25, 0.3) is 11.0 Å². The van der Waals surface area contributed by atoms with Gasteiger partial charge in [-0.15, -0.1) is 0 Å². The highest BCUT2D eigenvalue weighted by Gasteiger charge is 2.11. The Hall–Kier alpha value is -4.00. The number of carboxylic acid groups (broad SMARTS) is 1. The number of furan rings is 1. The third-order valence-corrected chi connectivity index (χ3v) is 4.66. The van der Waals surface area contributed by atoms with Crippen LogP contribution in [0.5, 0.6) is 17.2 Å². The van der Waals surface area contributed by atoms with Crippen molar-refractivity contribution in [3.05, 3.63) is 87.7 Å². The molecule has 0 radical (unpaired) electrons. The van der Waals surface area contributed by atoms with Crippen molar-refractivity contribution in [2.75, 3.05) is 0 Å². The number of carbonyl (C=O) groups is 1. The number of carboxylic acids is 1. The van der Waals surface area contributed by atoms with Gasteiger partial charge in [-0.05, 0) is 61.4 Å². The average Bonchev–Trinajstić information content (AvgIpc) is 3.21. The number of hydrogen-bond acceptors (Lipinski definition) is 7. The first-order valence-electron chi connectivity index (χ1n) is 9.14. The van der Waals surface area contributed by atoms with Crippen LogP contribution in [-0.2, 0) is 6.61 Å². The Bertz CT molecular complexity index is 1300. The molecule has 4 rings (SSSR count). The van der Waals surface area contributed by atoms with Gasteiger partial charge in [-0.25, -0.2) is 0 Å². The Kier molecular flexibility index (Phi) is 5.02. The van der Waals surface area contributed by atoms with Gasteiger partial charge in [-0.1, -0.05) is 6.07 Å². The lowest BCUT2D eigenvalue weighted by molar-refractivity contribution is -0.257. The molecule has 0 saturated heterocycles. The van der Waals surface area contributed by atoms with E-state index in [9.17, 15) is 14.7 Å². The summed E-state index contributed by atoms with van der Waals surface area (Å²) in [6.45, 7) is 3.98. The molecule has 0 bridgehead atoms. The van der Waals surface area contributed by atoms with Gasteiger partial charge in [0.05, 0.1) is 5.39 Å². The molecule has 4 aromatic rings. The summed E-state index contributed by atoms with van der Waals surface area (Å²) in [7, 11) is 0. The molecule has 0 fully saturated rings. The Morgan fingerprint density at radius 1 is 1.00 bits per heavy atom. The van der Waals surface area contributed by atoms with Crippen LogP contribution in [0, 0.1) is 13.8 Å². The number of rotatable bonds is 6. The van der Waals surface area contributed by atoms with Gasteiger partial charge in [-0.2, -0.15) is 0 Å². The number of ether oxygens (including phenoxy) is 2. The summed E-state index contributed by atoms with van der Waals surface area (Å²) in [6.07, 6.45) is 1.27. The lowest BCUT2D eigenvalue weighted by Gasteiger charge is -2.09. The fourth-order valence-corrected chi connectivity index (χ4v) is 2.88. The molecule has 0 amide bonds. The Labute approximate surface area is 171 Å². The van der Waals surface area contributed by atoms with Crippen LogP contribution in [0.3, 0.4) is 0 Å². The van der Waals surface area contributed by atoms with E-state index in [2.05, 4.69) is 0 Å². The van der Waals surface area contributed by atoms with E-state index >= 15 is 0 Å². The fraction of sp³-hybridized carbons (Fsp3) is 0.130. The van der Waals surface area contributed by atoms with Gasteiger partial charge in [0.1, 0.15) is 47.4 Å².